The molecule has 7 heteroatoms. The number of carbonyl (C=O) groups is 1. The maximum absolute atomic E-state index is 13.7. The topological polar surface area (TPSA) is 52.0 Å². The Labute approximate surface area is 181 Å². The van der Waals surface area contributed by atoms with E-state index in [0.717, 1.165) is 0 Å². The summed E-state index contributed by atoms with van der Waals surface area (Å²) in [5, 5.41) is 0.155. The molecule has 1 unspecified atom stereocenters. The predicted octanol–water partition coefficient (Wildman–Crippen LogP) is 5.54. The number of hydrogen-bond acceptors (Lipinski definition) is 4. The maximum Gasteiger partial charge on any atom is 0.266 e. The van der Waals surface area contributed by atoms with Gasteiger partial charge in [-0.3, -0.25) is 14.2 Å². The van der Waals surface area contributed by atoms with E-state index in [1.165, 1.54) is 34.5 Å². The van der Waals surface area contributed by atoms with Crippen LogP contribution in [0.3, 0.4) is 0 Å². The number of benzene rings is 3. The largest absolute Gasteiger partial charge is 0.293 e. The van der Waals surface area contributed by atoms with Crippen LogP contribution in [0.4, 0.5) is 4.39 Å². The molecule has 0 fully saturated rings. The minimum Gasteiger partial charge on any atom is -0.293 e. The number of rotatable bonds is 5. The van der Waals surface area contributed by atoms with Gasteiger partial charge in [0.2, 0.25) is 0 Å². The fourth-order valence-electron chi connectivity index (χ4n) is 3.09. The van der Waals surface area contributed by atoms with Gasteiger partial charge in [-0.2, -0.15) is 0 Å². The number of carbonyl (C=O) groups excluding carboxylic acids is 1. The number of nitrogens with zero attached hydrogens (tertiary/aromatic N) is 2. The van der Waals surface area contributed by atoms with Gasteiger partial charge in [0.15, 0.2) is 10.9 Å². The Morgan fingerprint density at radius 1 is 1.07 bits per heavy atom. The summed E-state index contributed by atoms with van der Waals surface area (Å²) in [6, 6.07) is 20.0. The zero-order valence-electron chi connectivity index (χ0n) is 15.9. The molecule has 0 aliphatic rings. The highest BCUT2D eigenvalue weighted by Gasteiger charge is 2.21. The van der Waals surface area contributed by atoms with Crippen LogP contribution in [0.15, 0.2) is 82.7 Å². The first-order chi connectivity index (χ1) is 14.5. The molecule has 4 aromatic rings. The fraction of sp³-hybridized carbons (Fsp3) is 0.0870. The number of ketones is 1. The molecular weight excluding hydrogens is 423 g/mol. The van der Waals surface area contributed by atoms with E-state index in [1.54, 1.807) is 55.5 Å². The summed E-state index contributed by atoms with van der Waals surface area (Å²) in [6.45, 7) is 1.77. The molecule has 0 radical (unpaired) electrons. The average molecular weight is 439 g/mol. The number of thioether (sulfide) groups is 1. The van der Waals surface area contributed by atoms with Crippen molar-refractivity contribution < 1.29 is 9.18 Å². The molecule has 1 heterocycles. The van der Waals surface area contributed by atoms with Crippen LogP contribution in [0.2, 0.25) is 5.02 Å². The number of para-hydroxylation sites is 1. The molecule has 1 atom stereocenters. The van der Waals surface area contributed by atoms with Crippen LogP contribution in [-0.4, -0.2) is 20.6 Å². The van der Waals surface area contributed by atoms with E-state index >= 15 is 0 Å². The number of hydrogen-bond donors (Lipinski definition) is 0. The first kappa shape index (κ1) is 20.3. The standard InChI is InChI=1S/C23H16ClFN2O2S/c1-14(21(28)15-7-3-2-4-8-15)30-23-26-20-10-6-5-9-17(20)22(29)27(23)16-11-12-19(25)18(24)13-16/h2-14H,1H3. The number of halogens is 2. The molecule has 0 amide bonds. The Kier molecular flexibility index (Phi) is 5.70. The highest BCUT2D eigenvalue weighted by Crippen LogP contribution is 2.28. The van der Waals surface area contributed by atoms with E-state index in [4.69, 9.17) is 11.6 Å². The predicted molar refractivity (Wildman–Crippen MR) is 118 cm³/mol. The molecule has 1 aromatic heterocycles. The Morgan fingerprint density at radius 3 is 2.50 bits per heavy atom. The van der Waals surface area contributed by atoms with E-state index in [-0.39, 0.29) is 16.4 Å². The van der Waals surface area contributed by atoms with E-state index in [9.17, 15) is 14.0 Å². The van der Waals surface area contributed by atoms with Crippen LogP contribution in [0.5, 0.6) is 0 Å². The van der Waals surface area contributed by atoms with Crippen LogP contribution >= 0.6 is 23.4 Å². The van der Waals surface area contributed by atoms with Gasteiger partial charge in [0.25, 0.3) is 5.56 Å². The first-order valence-corrected chi connectivity index (χ1v) is 10.4. The third kappa shape index (κ3) is 3.88. The maximum atomic E-state index is 13.7. The lowest BCUT2D eigenvalue weighted by Crippen LogP contribution is -2.23. The molecule has 0 N–H and O–H groups in total. The SMILES string of the molecule is CC(Sc1nc2ccccc2c(=O)n1-c1ccc(F)c(Cl)c1)C(=O)c1ccccc1. The quantitative estimate of drug-likeness (QED) is 0.233. The van der Waals surface area contributed by atoms with Crippen molar-refractivity contribution in [2.75, 3.05) is 0 Å². The molecule has 30 heavy (non-hydrogen) atoms. The van der Waals surface area contributed by atoms with Gasteiger partial charge in [-0.1, -0.05) is 65.8 Å². The molecule has 0 bridgehead atoms. The average Bonchev–Trinajstić information content (AvgIpc) is 2.76. The van der Waals surface area contributed by atoms with E-state index in [1.807, 2.05) is 6.07 Å². The van der Waals surface area contributed by atoms with E-state index in [2.05, 4.69) is 4.98 Å². The Bertz CT molecular complexity index is 1310. The molecule has 4 nitrogen and oxygen atoms in total. The van der Waals surface area contributed by atoms with Crippen molar-refractivity contribution in [2.45, 2.75) is 17.3 Å². The van der Waals surface area contributed by atoms with Crippen molar-refractivity contribution in [1.29, 1.82) is 0 Å². The van der Waals surface area contributed by atoms with Gasteiger partial charge in [-0.05, 0) is 37.3 Å². The van der Waals surface area contributed by atoms with Gasteiger partial charge in [0.05, 0.1) is 26.9 Å². The molecule has 0 saturated carbocycles. The molecule has 3 aromatic carbocycles. The van der Waals surface area contributed by atoms with E-state index in [0.29, 0.717) is 27.3 Å². The zero-order chi connectivity index (χ0) is 21.3. The van der Waals surface area contributed by atoms with Crippen molar-refractivity contribution in [2.24, 2.45) is 0 Å². The molecule has 0 aliphatic heterocycles. The second kappa shape index (κ2) is 8.42. The first-order valence-electron chi connectivity index (χ1n) is 9.19. The van der Waals surface area contributed by atoms with Crippen LogP contribution in [0, 0.1) is 5.82 Å². The monoisotopic (exact) mass is 438 g/mol. The smallest absolute Gasteiger partial charge is 0.266 e. The normalized spacial score (nSPS) is 12.1. The highest BCUT2D eigenvalue weighted by atomic mass is 35.5. The summed E-state index contributed by atoms with van der Waals surface area (Å²) in [5.74, 6) is -0.657. The third-order valence-corrected chi connectivity index (χ3v) is 5.96. The molecule has 0 aliphatic carbocycles. The van der Waals surface area contributed by atoms with Gasteiger partial charge in [0, 0.05) is 5.56 Å². The second-order valence-electron chi connectivity index (χ2n) is 6.64. The van der Waals surface area contributed by atoms with Crippen LogP contribution in [-0.2, 0) is 0 Å². The number of fused-ring (bicyclic) bond motifs is 1. The molecular formula is C23H16ClFN2O2S. The van der Waals surface area contributed by atoms with Gasteiger partial charge < -0.3 is 0 Å². The Morgan fingerprint density at radius 2 is 1.77 bits per heavy atom. The lowest BCUT2D eigenvalue weighted by Gasteiger charge is -2.16. The van der Waals surface area contributed by atoms with Gasteiger partial charge in [-0.15, -0.1) is 0 Å². The lowest BCUT2D eigenvalue weighted by atomic mass is 10.1. The Hall–Kier alpha value is -2.96. The third-order valence-electron chi connectivity index (χ3n) is 4.62. The Balaban J connectivity index is 1.84. The fourth-order valence-corrected chi connectivity index (χ4v) is 4.27. The van der Waals surface area contributed by atoms with Crippen molar-refractivity contribution in [3.63, 3.8) is 0 Å². The summed E-state index contributed by atoms with van der Waals surface area (Å²) in [6.07, 6.45) is 0. The molecule has 0 spiro atoms. The highest BCUT2D eigenvalue weighted by molar-refractivity contribution is 8.00. The second-order valence-corrected chi connectivity index (χ2v) is 8.36. The van der Waals surface area contributed by atoms with Gasteiger partial charge >= 0.3 is 0 Å². The van der Waals surface area contributed by atoms with Crippen LogP contribution in [0.25, 0.3) is 16.6 Å². The van der Waals surface area contributed by atoms with Crippen molar-refractivity contribution in [3.8, 4) is 5.69 Å². The van der Waals surface area contributed by atoms with Gasteiger partial charge in [-0.25, -0.2) is 9.37 Å². The van der Waals surface area contributed by atoms with Crippen molar-refractivity contribution in [1.82, 2.24) is 9.55 Å². The molecule has 0 saturated heterocycles. The summed E-state index contributed by atoms with van der Waals surface area (Å²) in [5.41, 5.74) is 1.17. The summed E-state index contributed by atoms with van der Waals surface area (Å²) in [7, 11) is 0. The summed E-state index contributed by atoms with van der Waals surface area (Å²) in [4.78, 5) is 30.7. The number of Topliss-reactive ketones (excluding diaryl/α,β-unsaturated/α-hetero) is 1. The van der Waals surface area contributed by atoms with E-state index < -0.39 is 11.1 Å². The minimum atomic E-state index is -0.580. The van der Waals surface area contributed by atoms with Crippen LogP contribution in [0.1, 0.15) is 17.3 Å². The zero-order valence-corrected chi connectivity index (χ0v) is 17.5. The van der Waals surface area contributed by atoms with Crippen LogP contribution < -0.4 is 5.56 Å². The van der Waals surface area contributed by atoms with Crippen molar-refractivity contribution in [3.05, 3.63) is 99.6 Å². The molecule has 4 rings (SSSR count). The van der Waals surface area contributed by atoms with Gasteiger partial charge in [0.1, 0.15) is 5.82 Å². The minimum absolute atomic E-state index is 0.0771. The lowest BCUT2D eigenvalue weighted by molar-refractivity contribution is 0.0994. The molecule has 150 valence electrons. The number of aromatic nitrogens is 2. The van der Waals surface area contributed by atoms with Crippen molar-refractivity contribution >= 4 is 40.0 Å². The summed E-state index contributed by atoms with van der Waals surface area (Å²) >= 11 is 7.12. The summed E-state index contributed by atoms with van der Waals surface area (Å²) < 4.78 is 15.1.